The van der Waals surface area contributed by atoms with Crippen LogP contribution in [0.1, 0.15) is 49.9 Å². The highest BCUT2D eigenvalue weighted by Crippen LogP contribution is 2.33. The Morgan fingerprint density at radius 1 is 1.28 bits per heavy atom. The van der Waals surface area contributed by atoms with Gasteiger partial charge in [-0.1, -0.05) is 0 Å². The minimum Gasteiger partial charge on any atom is -0.369 e. The van der Waals surface area contributed by atoms with Gasteiger partial charge in [-0.05, 0) is 63.9 Å². The Kier molecular flexibility index (Phi) is 5.87. The SMILES string of the molecule is CC1CNC(C)C2(CCN(CCCC(=O)c3ccc(F)cc3)CC2)O1. The number of halogens is 1. The first-order valence-electron chi connectivity index (χ1n) is 9.41. The molecule has 0 bridgehead atoms. The second-order valence-electron chi connectivity index (χ2n) is 7.50. The van der Waals surface area contributed by atoms with E-state index in [1.165, 1.54) is 12.1 Å². The molecule has 5 heteroatoms. The van der Waals surface area contributed by atoms with Crippen LogP contribution in [0.5, 0.6) is 0 Å². The lowest BCUT2D eigenvalue weighted by Crippen LogP contribution is -2.62. The van der Waals surface area contributed by atoms with Crippen molar-refractivity contribution in [2.75, 3.05) is 26.2 Å². The number of rotatable bonds is 5. The topological polar surface area (TPSA) is 41.6 Å². The molecule has 0 saturated carbocycles. The number of piperidine rings is 1. The fourth-order valence-electron chi connectivity index (χ4n) is 4.02. The summed E-state index contributed by atoms with van der Waals surface area (Å²) in [6.07, 6.45) is 3.71. The number of ether oxygens (including phenoxy) is 1. The summed E-state index contributed by atoms with van der Waals surface area (Å²) < 4.78 is 19.2. The summed E-state index contributed by atoms with van der Waals surface area (Å²) in [6, 6.07) is 6.22. The van der Waals surface area contributed by atoms with E-state index < -0.39 is 0 Å². The van der Waals surface area contributed by atoms with Crippen molar-refractivity contribution in [2.45, 2.75) is 57.3 Å². The van der Waals surface area contributed by atoms with Gasteiger partial charge in [-0.25, -0.2) is 4.39 Å². The second-order valence-corrected chi connectivity index (χ2v) is 7.50. The van der Waals surface area contributed by atoms with Crippen LogP contribution in [-0.2, 0) is 4.74 Å². The zero-order chi connectivity index (χ0) is 17.9. The molecule has 2 saturated heterocycles. The summed E-state index contributed by atoms with van der Waals surface area (Å²) >= 11 is 0. The fourth-order valence-corrected chi connectivity index (χ4v) is 4.02. The standard InChI is InChI=1S/C20H29FN2O2/c1-15-14-22-16(2)20(25-15)9-12-23(13-10-20)11-3-4-19(24)17-5-7-18(21)8-6-17/h5-8,15-16,22H,3-4,9-14H2,1-2H3. The third kappa shape index (κ3) is 4.46. The molecule has 0 aliphatic carbocycles. The molecule has 1 aromatic carbocycles. The number of carbonyl (C=O) groups is 1. The number of likely N-dealkylation sites (tertiary alicyclic amines) is 1. The number of hydrogen-bond donors (Lipinski definition) is 1. The quantitative estimate of drug-likeness (QED) is 0.831. The summed E-state index contributed by atoms with van der Waals surface area (Å²) in [4.78, 5) is 14.6. The van der Waals surface area contributed by atoms with Crippen molar-refractivity contribution in [3.05, 3.63) is 35.6 Å². The van der Waals surface area contributed by atoms with E-state index in [9.17, 15) is 9.18 Å². The Balaban J connectivity index is 1.42. The van der Waals surface area contributed by atoms with Gasteiger partial charge in [0.2, 0.25) is 0 Å². The summed E-state index contributed by atoms with van der Waals surface area (Å²) in [7, 11) is 0. The van der Waals surface area contributed by atoms with Crippen LogP contribution in [0.15, 0.2) is 24.3 Å². The normalized spacial score (nSPS) is 26.7. The first kappa shape index (κ1) is 18.5. The lowest BCUT2D eigenvalue weighted by atomic mass is 9.83. The van der Waals surface area contributed by atoms with Gasteiger partial charge in [-0.3, -0.25) is 4.79 Å². The van der Waals surface area contributed by atoms with Gasteiger partial charge in [0.1, 0.15) is 5.82 Å². The molecule has 1 N–H and O–H groups in total. The molecule has 2 aliphatic rings. The molecule has 0 radical (unpaired) electrons. The van der Waals surface area contributed by atoms with E-state index >= 15 is 0 Å². The Labute approximate surface area is 149 Å². The first-order chi connectivity index (χ1) is 12.0. The van der Waals surface area contributed by atoms with Crippen LogP contribution in [0.2, 0.25) is 0 Å². The van der Waals surface area contributed by atoms with Crippen molar-refractivity contribution in [3.63, 3.8) is 0 Å². The summed E-state index contributed by atoms with van der Waals surface area (Å²) in [6.45, 7) is 8.25. The maximum atomic E-state index is 12.9. The van der Waals surface area contributed by atoms with Crippen molar-refractivity contribution in [3.8, 4) is 0 Å². The third-order valence-corrected chi connectivity index (χ3v) is 5.68. The largest absolute Gasteiger partial charge is 0.369 e. The molecule has 0 amide bonds. The number of carbonyl (C=O) groups excluding carboxylic acids is 1. The molecule has 2 atom stereocenters. The van der Waals surface area contributed by atoms with Gasteiger partial charge in [-0.15, -0.1) is 0 Å². The van der Waals surface area contributed by atoms with E-state index in [0.717, 1.165) is 45.4 Å². The number of benzene rings is 1. The van der Waals surface area contributed by atoms with Crippen molar-refractivity contribution < 1.29 is 13.9 Å². The van der Waals surface area contributed by atoms with Gasteiger partial charge in [0, 0.05) is 37.7 Å². The van der Waals surface area contributed by atoms with Gasteiger partial charge in [0.25, 0.3) is 0 Å². The van der Waals surface area contributed by atoms with Crippen molar-refractivity contribution in [1.82, 2.24) is 10.2 Å². The van der Waals surface area contributed by atoms with Crippen LogP contribution < -0.4 is 5.32 Å². The highest BCUT2D eigenvalue weighted by molar-refractivity contribution is 5.95. The predicted molar refractivity (Wildman–Crippen MR) is 96.4 cm³/mol. The van der Waals surface area contributed by atoms with Crippen molar-refractivity contribution in [2.24, 2.45) is 0 Å². The van der Waals surface area contributed by atoms with Crippen molar-refractivity contribution in [1.29, 1.82) is 0 Å². The Morgan fingerprint density at radius 2 is 1.96 bits per heavy atom. The van der Waals surface area contributed by atoms with Gasteiger partial charge < -0.3 is 15.0 Å². The highest BCUT2D eigenvalue weighted by Gasteiger charge is 2.43. The predicted octanol–water partition coefficient (Wildman–Crippen LogP) is 3.02. The molecule has 1 aromatic rings. The molecule has 138 valence electrons. The van der Waals surface area contributed by atoms with Crippen LogP contribution in [0.4, 0.5) is 4.39 Å². The molecular weight excluding hydrogens is 319 g/mol. The second kappa shape index (κ2) is 7.94. The molecule has 2 heterocycles. The molecular formula is C20H29FN2O2. The molecule has 2 fully saturated rings. The van der Waals surface area contributed by atoms with Crippen LogP contribution in [0.3, 0.4) is 0 Å². The average Bonchev–Trinajstić information content (AvgIpc) is 2.61. The average molecular weight is 348 g/mol. The van der Waals surface area contributed by atoms with E-state index in [-0.39, 0.29) is 23.3 Å². The van der Waals surface area contributed by atoms with E-state index in [1.807, 2.05) is 0 Å². The number of Topliss-reactive ketones (excluding diaryl/α,β-unsaturated/α-hetero) is 1. The van der Waals surface area contributed by atoms with Gasteiger partial charge in [-0.2, -0.15) is 0 Å². The molecule has 1 spiro atoms. The smallest absolute Gasteiger partial charge is 0.162 e. The van der Waals surface area contributed by atoms with Gasteiger partial charge in [0.05, 0.1) is 11.7 Å². The Hall–Kier alpha value is -1.30. The van der Waals surface area contributed by atoms with Crippen LogP contribution >= 0.6 is 0 Å². The molecule has 0 aromatic heterocycles. The number of nitrogens with zero attached hydrogens (tertiary/aromatic N) is 1. The molecule has 2 aliphatic heterocycles. The maximum absolute atomic E-state index is 12.9. The lowest BCUT2D eigenvalue weighted by molar-refractivity contribution is -0.157. The molecule has 25 heavy (non-hydrogen) atoms. The fraction of sp³-hybridized carbons (Fsp3) is 0.650. The number of nitrogens with one attached hydrogen (secondary N) is 1. The zero-order valence-corrected chi connectivity index (χ0v) is 15.3. The molecule has 4 nitrogen and oxygen atoms in total. The Morgan fingerprint density at radius 3 is 2.64 bits per heavy atom. The van der Waals surface area contributed by atoms with E-state index in [2.05, 4.69) is 24.1 Å². The summed E-state index contributed by atoms with van der Waals surface area (Å²) in [5.74, 6) is -0.211. The molecule has 2 unspecified atom stereocenters. The lowest BCUT2D eigenvalue weighted by Gasteiger charge is -2.50. The van der Waals surface area contributed by atoms with Crippen LogP contribution in [0, 0.1) is 5.82 Å². The van der Waals surface area contributed by atoms with E-state index in [1.54, 1.807) is 12.1 Å². The third-order valence-electron chi connectivity index (χ3n) is 5.68. The van der Waals surface area contributed by atoms with Crippen LogP contribution in [0.25, 0.3) is 0 Å². The monoisotopic (exact) mass is 348 g/mol. The molecule has 3 rings (SSSR count). The first-order valence-corrected chi connectivity index (χ1v) is 9.41. The van der Waals surface area contributed by atoms with Gasteiger partial charge >= 0.3 is 0 Å². The maximum Gasteiger partial charge on any atom is 0.162 e. The van der Waals surface area contributed by atoms with Crippen LogP contribution in [-0.4, -0.2) is 54.6 Å². The minimum absolute atomic E-state index is 0.0297. The summed E-state index contributed by atoms with van der Waals surface area (Å²) in [5, 5.41) is 3.57. The number of morpholine rings is 1. The van der Waals surface area contributed by atoms with Crippen molar-refractivity contribution >= 4 is 5.78 Å². The zero-order valence-electron chi connectivity index (χ0n) is 15.3. The Bertz CT molecular complexity index is 582. The number of ketones is 1. The van der Waals surface area contributed by atoms with Gasteiger partial charge in [0.15, 0.2) is 5.78 Å². The van der Waals surface area contributed by atoms with E-state index in [4.69, 9.17) is 4.74 Å². The van der Waals surface area contributed by atoms with E-state index in [0.29, 0.717) is 18.0 Å². The summed E-state index contributed by atoms with van der Waals surface area (Å²) in [5.41, 5.74) is 0.571. The minimum atomic E-state index is -0.304. The highest BCUT2D eigenvalue weighted by atomic mass is 19.1. The number of hydrogen-bond acceptors (Lipinski definition) is 4.